The number of nitrogens with one attached hydrogen (secondary N) is 1. The Hall–Kier alpha value is -0.510. The number of rotatable bonds is 1. The van der Waals surface area contributed by atoms with Gasteiger partial charge in [0.25, 0.3) is 5.24 Å². The van der Waals surface area contributed by atoms with Crippen LogP contribution in [0.1, 0.15) is 0 Å². The Morgan fingerprint density at radius 1 is 1.86 bits per heavy atom. The molecule has 0 saturated heterocycles. The minimum Gasteiger partial charge on any atom is -0.290 e. The van der Waals surface area contributed by atoms with E-state index < -0.39 is 0 Å². The highest BCUT2D eigenvalue weighted by atomic mass is 32.2. The van der Waals surface area contributed by atoms with Gasteiger partial charge in [-0.1, -0.05) is 11.8 Å². The maximum atomic E-state index is 10.0. The lowest BCUT2D eigenvalue weighted by molar-refractivity contribution is -0.108. The van der Waals surface area contributed by atoms with Gasteiger partial charge in [0.2, 0.25) is 6.41 Å². The normalized spacial score (nSPS) is 7.57. The summed E-state index contributed by atoms with van der Waals surface area (Å²) in [7, 11) is 0. The molecule has 0 bridgehead atoms. The highest BCUT2D eigenvalue weighted by Crippen LogP contribution is 1.89. The Morgan fingerprint density at radius 2 is 2.43 bits per heavy atom. The van der Waals surface area contributed by atoms with Crippen LogP contribution in [0.2, 0.25) is 0 Å². The van der Waals surface area contributed by atoms with Gasteiger partial charge in [-0.2, -0.15) is 0 Å². The molecule has 2 amide bonds. The van der Waals surface area contributed by atoms with Gasteiger partial charge in [-0.25, -0.2) is 0 Å². The van der Waals surface area contributed by atoms with Gasteiger partial charge in [0.05, 0.1) is 0 Å². The number of thioether (sulfide) groups is 1. The molecule has 0 aliphatic carbocycles. The van der Waals surface area contributed by atoms with Crippen molar-refractivity contribution in [3.63, 3.8) is 0 Å². The van der Waals surface area contributed by atoms with Crippen molar-refractivity contribution in [1.82, 2.24) is 5.32 Å². The lowest BCUT2D eigenvalue weighted by Crippen LogP contribution is -2.14. The fourth-order valence-electron chi connectivity index (χ4n) is 0.107. The zero-order valence-corrected chi connectivity index (χ0v) is 4.62. The average molecular weight is 119 g/mol. The van der Waals surface area contributed by atoms with E-state index in [1.807, 2.05) is 5.32 Å². The van der Waals surface area contributed by atoms with Crippen molar-refractivity contribution in [2.24, 2.45) is 0 Å². The van der Waals surface area contributed by atoms with E-state index in [0.29, 0.717) is 6.41 Å². The zero-order chi connectivity index (χ0) is 5.70. The molecule has 0 heterocycles. The molecule has 4 heteroatoms. The Morgan fingerprint density at radius 3 is 2.57 bits per heavy atom. The SMILES string of the molecule is CSC(=O)NC=O. The number of hydrogen-bond acceptors (Lipinski definition) is 3. The van der Waals surface area contributed by atoms with E-state index in [4.69, 9.17) is 0 Å². The first-order valence-corrected chi connectivity index (χ1v) is 2.82. The van der Waals surface area contributed by atoms with Crippen LogP contribution in [-0.4, -0.2) is 17.9 Å². The van der Waals surface area contributed by atoms with Crippen LogP contribution in [0.25, 0.3) is 0 Å². The first-order valence-electron chi connectivity index (χ1n) is 1.59. The molecule has 0 atom stereocenters. The third kappa shape index (κ3) is 3.32. The molecule has 7 heavy (non-hydrogen) atoms. The summed E-state index contributed by atoms with van der Waals surface area (Å²) in [6.45, 7) is 0. The molecule has 0 aromatic rings. The summed E-state index contributed by atoms with van der Waals surface area (Å²) < 4.78 is 0. The minimum atomic E-state index is -0.324. The fourth-order valence-corrected chi connectivity index (χ4v) is 0.273. The van der Waals surface area contributed by atoms with Gasteiger partial charge < -0.3 is 0 Å². The standard InChI is InChI=1S/C3H5NO2S/c1-7-3(6)4-2-5/h2H,1H3,(H,4,5,6). The van der Waals surface area contributed by atoms with Gasteiger partial charge in [0.15, 0.2) is 0 Å². The molecule has 1 N–H and O–H groups in total. The Labute approximate surface area is 45.5 Å². The maximum Gasteiger partial charge on any atom is 0.285 e. The second kappa shape index (κ2) is 3.67. The third-order valence-corrected chi connectivity index (χ3v) is 0.851. The predicted octanol–water partition coefficient (Wildman–Crippen LogP) is 0.215. The van der Waals surface area contributed by atoms with Crippen LogP contribution in [0.15, 0.2) is 0 Å². The van der Waals surface area contributed by atoms with E-state index in [-0.39, 0.29) is 5.24 Å². The quantitative estimate of drug-likeness (QED) is 0.502. The van der Waals surface area contributed by atoms with Crippen LogP contribution in [-0.2, 0) is 4.79 Å². The zero-order valence-electron chi connectivity index (χ0n) is 3.80. The second-order valence-electron chi connectivity index (χ2n) is 0.754. The molecule has 0 saturated carbocycles. The Kier molecular flexibility index (Phi) is 3.40. The maximum absolute atomic E-state index is 10.0. The largest absolute Gasteiger partial charge is 0.290 e. The molecule has 0 spiro atoms. The Balaban J connectivity index is 3.17. The number of amides is 2. The van der Waals surface area contributed by atoms with Crippen LogP contribution in [0, 0.1) is 0 Å². The van der Waals surface area contributed by atoms with E-state index in [2.05, 4.69) is 0 Å². The molecule has 3 nitrogen and oxygen atoms in total. The van der Waals surface area contributed by atoms with Gasteiger partial charge in [0, 0.05) is 0 Å². The molecule has 0 aromatic carbocycles. The van der Waals surface area contributed by atoms with Crippen LogP contribution < -0.4 is 5.32 Å². The van der Waals surface area contributed by atoms with Crippen molar-refractivity contribution >= 4 is 23.4 Å². The van der Waals surface area contributed by atoms with Gasteiger partial charge >= 0.3 is 0 Å². The second-order valence-corrected chi connectivity index (χ2v) is 1.53. The fraction of sp³-hybridized carbons (Fsp3) is 0.333. The highest BCUT2D eigenvalue weighted by molar-refractivity contribution is 8.13. The number of carbonyl (C=O) groups excluding carboxylic acids is 2. The highest BCUT2D eigenvalue weighted by Gasteiger charge is 1.89. The predicted molar refractivity (Wildman–Crippen MR) is 28.1 cm³/mol. The number of hydrogen-bond donors (Lipinski definition) is 1. The lowest BCUT2D eigenvalue weighted by atomic mass is 11.2. The van der Waals surface area contributed by atoms with E-state index in [0.717, 1.165) is 11.8 Å². The van der Waals surface area contributed by atoms with Gasteiger partial charge in [-0.05, 0) is 6.26 Å². The molecule has 0 unspecified atom stereocenters. The molecule has 0 fully saturated rings. The van der Waals surface area contributed by atoms with Crippen molar-refractivity contribution in [1.29, 1.82) is 0 Å². The first kappa shape index (κ1) is 6.49. The summed E-state index contributed by atoms with van der Waals surface area (Å²) in [6.07, 6.45) is 1.96. The van der Waals surface area contributed by atoms with Gasteiger partial charge in [-0.15, -0.1) is 0 Å². The summed E-state index contributed by atoms with van der Waals surface area (Å²) in [5.41, 5.74) is 0. The van der Waals surface area contributed by atoms with Gasteiger partial charge in [-0.3, -0.25) is 14.9 Å². The van der Waals surface area contributed by atoms with Crippen LogP contribution in [0.4, 0.5) is 4.79 Å². The van der Waals surface area contributed by atoms with Crippen LogP contribution >= 0.6 is 11.8 Å². The lowest BCUT2D eigenvalue weighted by Gasteiger charge is -1.85. The first-order chi connectivity index (χ1) is 3.31. The van der Waals surface area contributed by atoms with Gasteiger partial charge in [0.1, 0.15) is 0 Å². The molecule has 0 rings (SSSR count). The van der Waals surface area contributed by atoms with E-state index >= 15 is 0 Å². The van der Waals surface area contributed by atoms with Crippen molar-refractivity contribution in [2.75, 3.05) is 6.26 Å². The molecule has 0 aromatic heterocycles. The summed E-state index contributed by atoms with van der Waals surface area (Å²) in [4.78, 5) is 19.5. The van der Waals surface area contributed by atoms with Crippen LogP contribution in [0.5, 0.6) is 0 Å². The van der Waals surface area contributed by atoms with Crippen molar-refractivity contribution in [3.8, 4) is 0 Å². The van der Waals surface area contributed by atoms with E-state index in [9.17, 15) is 9.59 Å². The van der Waals surface area contributed by atoms with Crippen molar-refractivity contribution in [3.05, 3.63) is 0 Å². The molecule has 0 aliphatic rings. The number of carbonyl (C=O) groups is 2. The topological polar surface area (TPSA) is 46.2 Å². The number of imide groups is 1. The van der Waals surface area contributed by atoms with E-state index in [1.165, 1.54) is 0 Å². The van der Waals surface area contributed by atoms with Crippen molar-refractivity contribution in [2.45, 2.75) is 0 Å². The molecule has 40 valence electrons. The van der Waals surface area contributed by atoms with Crippen LogP contribution in [0.3, 0.4) is 0 Å². The monoisotopic (exact) mass is 119 g/mol. The molecular formula is C3H5NO2S. The smallest absolute Gasteiger partial charge is 0.285 e. The molecular weight excluding hydrogens is 114 g/mol. The summed E-state index contributed by atoms with van der Waals surface area (Å²) in [5.74, 6) is 0. The molecule has 0 radical (unpaired) electrons. The summed E-state index contributed by atoms with van der Waals surface area (Å²) in [5, 5.41) is 1.61. The molecule has 0 aliphatic heterocycles. The van der Waals surface area contributed by atoms with Crippen molar-refractivity contribution < 1.29 is 9.59 Å². The Bertz CT molecular complexity index is 83.0. The minimum absolute atomic E-state index is 0.324. The van der Waals surface area contributed by atoms with E-state index in [1.54, 1.807) is 6.26 Å². The third-order valence-electron chi connectivity index (χ3n) is 0.362. The summed E-state index contributed by atoms with van der Waals surface area (Å²) in [6, 6.07) is 0. The average Bonchev–Trinajstić information content (AvgIpc) is 1.68. The summed E-state index contributed by atoms with van der Waals surface area (Å²) >= 11 is 0.968.